The Hall–Kier alpha value is -1.63. The maximum atomic E-state index is 8.72. The van der Waals surface area contributed by atoms with E-state index in [0.717, 1.165) is 6.54 Å². The van der Waals surface area contributed by atoms with Crippen molar-refractivity contribution in [2.24, 2.45) is 0 Å². The van der Waals surface area contributed by atoms with Crippen molar-refractivity contribution in [3.05, 3.63) is 0 Å². The van der Waals surface area contributed by atoms with Gasteiger partial charge in [0.05, 0.1) is 6.61 Å². The maximum absolute atomic E-state index is 8.72. The number of aromatic nitrogens is 3. The predicted molar refractivity (Wildman–Crippen MR) is 63.9 cm³/mol. The first-order valence-electron chi connectivity index (χ1n) is 5.19. The van der Waals surface area contributed by atoms with E-state index < -0.39 is 0 Å². The van der Waals surface area contributed by atoms with Gasteiger partial charge in [-0.15, -0.1) is 0 Å². The lowest BCUT2D eigenvalue weighted by Crippen LogP contribution is -2.18. The summed E-state index contributed by atoms with van der Waals surface area (Å²) in [6.07, 6.45) is 0. The molecule has 1 rings (SSSR count). The first-order valence-corrected chi connectivity index (χ1v) is 5.19. The number of hydrogen-bond donors (Lipinski definition) is 3. The zero-order chi connectivity index (χ0) is 12.0. The lowest BCUT2D eigenvalue weighted by Gasteiger charge is -2.13. The number of aliphatic hydroxyl groups excluding tert-OH is 1. The summed E-state index contributed by atoms with van der Waals surface area (Å²) < 4.78 is 0. The predicted octanol–water partition coefficient (Wildman–Crippen LogP) is -0.226. The summed E-state index contributed by atoms with van der Waals surface area (Å²) in [6, 6.07) is 0. The highest BCUT2D eigenvalue weighted by Crippen LogP contribution is 2.10. The quantitative estimate of drug-likeness (QED) is 0.618. The molecular weight excluding hydrogens is 208 g/mol. The topological polar surface area (TPSA) is 86.2 Å². The van der Waals surface area contributed by atoms with Gasteiger partial charge in [-0.25, -0.2) is 0 Å². The lowest BCUT2D eigenvalue weighted by molar-refractivity contribution is 0.311. The zero-order valence-corrected chi connectivity index (χ0v) is 9.86. The van der Waals surface area contributed by atoms with Gasteiger partial charge in [-0.1, -0.05) is 0 Å². The third-order valence-electron chi connectivity index (χ3n) is 1.75. The summed E-state index contributed by atoms with van der Waals surface area (Å²) in [4.78, 5) is 14.4. The van der Waals surface area contributed by atoms with Crippen molar-refractivity contribution in [2.45, 2.75) is 6.92 Å². The smallest absolute Gasteiger partial charge is 0.231 e. The van der Waals surface area contributed by atoms with Crippen LogP contribution in [0.25, 0.3) is 0 Å². The molecule has 0 aliphatic carbocycles. The summed E-state index contributed by atoms with van der Waals surface area (Å²) in [5.74, 6) is 1.57. The molecule has 1 heterocycles. The zero-order valence-electron chi connectivity index (χ0n) is 9.86. The Balaban J connectivity index is 2.89. The first-order chi connectivity index (χ1) is 7.67. The van der Waals surface area contributed by atoms with Gasteiger partial charge >= 0.3 is 0 Å². The van der Waals surface area contributed by atoms with Gasteiger partial charge < -0.3 is 20.6 Å². The molecule has 0 amide bonds. The number of anilines is 3. The molecule has 0 bridgehead atoms. The number of rotatable bonds is 6. The van der Waals surface area contributed by atoms with Gasteiger partial charge in [0.25, 0.3) is 0 Å². The minimum absolute atomic E-state index is 0.0412. The Morgan fingerprint density at radius 3 is 2.25 bits per heavy atom. The second-order valence-electron chi connectivity index (χ2n) is 3.36. The Bertz CT molecular complexity index is 330. The molecule has 0 saturated carbocycles. The molecule has 0 unspecified atom stereocenters. The van der Waals surface area contributed by atoms with E-state index in [-0.39, 0.29) is 6.61 Å². The molecule has 3 N–H and O–H groups in total. The van der Waals surface area contributed by atoms with E-state index in [9.17, 15) is 0 Å². The van der Waals surface area contributed by atoms with E-state index >= 15 is 0 Å². The SMILES string of the molecule is CCNc1nc(NCCO)nc(N(C)C)n1. The molecule has 0 saturated heterocycles. The van der Waals surface area contributed by atoms with Crippen molar-refractivity contribution in [1.82, 2.24) is 15.0 Å². The highest BCUT2D eigenvalue weighted by Gasteiger charge is 2.06. The molecule has 0 spiro atoms. The standard InChI is InChI=1S/C9H18N6O/c1-4-10-7-12-8(11-5-6-16)14-9(13-7)15(2)3/h16H,4-6H2,1-3H3,(H2,10,11,12,13,14). The number of nitrogens with zero attached hydrogens (tertiary/aromatic N) is 4. The van der Waals surface area contributed by atoms with Crippen molar-refractivity contribution < 1.29 is 5.11 Å². The molecule has 7 nitrogen and oxygen atoms in total. The fraction of sp³-hybridized carbons (Fsp3) is 0.667. The van der Waals surface area contributed by atoms with E-state index in [4.69, 9.17) is 5.11 Å². The van der Waals surface area contributed by atoms with Crippen LogP contribution in [0.1, 0.15) is 6.92 Å². The molecule has 0 aliphatic rings. The molecule has 0 aromatic carbocycles. The van der Waals surface area contributed by atoms with Crippen LogP contribution in [0.3, 0.4) is 0 Å². The molecule has 0 aliphatic heterocycles. The minimum atomic E-state index is 0.0412. The molecule has 1 aromatic rings. The second-order valence-corrected chi connectivity index (χ2v) is 3.36. The van der Waals surface area contributed by atoms with Gasteiger partial charge in [-0.2, -0.15) is 15.0 Å². The van der Waals surface area contributed by atoms with Crippen LogP contribution in [0.5, 0.6) is 0 Å². The van der Waals surface area contributed by atoms with Gasteiger partial charge in [0.2, 0.25) is 17.8 Å². The molecule has 0 atom stereocenters. The van der Waals surface area contributed by atoms with Crippen LogP contribution < -0.4 is 15.5 Å². The Kier molecular flexibility index (Phi) is 4.71. The summed E-state index contributed by atoms with van der Waals surface area (Å²) in [7, 11) is 3.72. The fourth-order valence-corrected chi connectivity index (χ4v) is 1.05. The molecule has 16 heavy (non-hydrogen) atoms. The van der Waals surface area contributed by atoms with E-state index in [1.807, 2.05) is 21.0 Å². The average Bonchev–Trinajstić information content (AvgIpc) is 2.26. The van der Waals surface area contributed by atoms with Crippen LogP contribution >= 0.6 is 0 Å². The van der Waals surface area contributed by atoms with Crippen LogP contribution in [0.15, 0.2) is 0 Å². The van der Waals surface area contributed by atoms with E-state index in [1.165, 1.54) is 0 Å². The minimum Gasteiger partial charge on any atom is -0.395 e. The number of aliphatic hydroxyl groups is 1. The third-order valence-corrected chi connectivity index (χ3v) is 1.75. The largest absolute Gasteiger partial charge is 0.395 e. The van der Waals surface area contributed by atoms with Crippen LogP contribution in [0.2, 0.25) is 0 Å². The van der Waals surface area contributed by atoms with E-state index in [0.29, 0.717) is 24.4 Å². The van der Waals surface area contributed by atoms with Crippen LogP contribution in [-0.4, -0.2) is 53.9 Å². The molecular formula is C9H18N6O. The van der Waals surface area contributed by atoms with Crippen molar-refractivity contribution >= 4 is 17.8 Å². The number of hydrogen-bond acceptors (Lipinski definition) is 7. The van der Waals surface area contributed by atoms with Crippen LogP contribution in [-0.2, 0) is 0 Å². The van der Waals surface area contributed by atoms with Crippen molar-refractivity contribution in [3.8, 4) is 0 Å². The first kappa shape index (κ1) is 12.4. The number of nitrogens with one attached hydrogen (secondary N) is 2. The Morgan fingerprint density at radius 2 is 1.75 bits per heavy atom. The molecule has 90 valence electrons. The summed E-state index contributed by atoms with van der Waals surface area (Å²) in [5, 5.41) is 14.7. The van der Waals surface area contributed by atoms with Gasteiger partial charge in [0.1, 0.15) is 0 Å². The molecule has 0 radical (unpaired) electrons. The monoisotopic (exact) mass is 226 g/mol. The lowest BCUT2D eigenvalue weighted by atomic mass is 10.6. The van der Waals surface area contributed by atoms with Gasteiger partial charge in [-0.05, 0) is 6.92 Å². The Labute approximate surface area is 94.9 Å². The highest BCUT2D eigenvalue weighted by molar-refractivity contribution is 5.42. The molecule has 7 heteroatoms. The second kappa shape index (κ2) is 6.06. The van der Waals surface area contributed by atoms with Crippen LogP contribution in [0.4, 0.5) is 17.8 Å². The Morgan fingerprint density at radius 1 is 1.12 bits per heavy atom. The van der Waals surface area contributed by atoms with E-state index in [1.54, 1.807) is 4.90 Å². The molecule has 0 fully saturated rings. The van der Waals surface area contributed by atoms with Crippen molar-refractivity contribution in [3.63, 3.8) is 0 Å². The van der Waals surface area contributed by atoms with Crippen molar-refractivity contribution in [2.75, 3.05) is 49.3 Å². The van der Waals surface area contributed by atoms with Crippen LogP contribution in [0, 0.1) is 0 Å². The summed E-state index contributed by atoms with van der Waals surface area (Å²) >= 11 is 0. The van der Waals surface area contributed by atoms with Gasteiger partial charge in [0, 0.05) is 27.2 Å². The maximum Gasteiger partial charge on any atom is 0.231 e. The average molecular weight is 226 g/mol. The normalized spacial score (nSPS) is 10.0. The summed E-state index contributed by atoms with van der Waals surface area (Å²) in [6.45, 7) is 3.18. The fourth-order valence-electron chi connectivity index (χ4n) is 1.05. The summed E-state index contributed by atoms with van der Waals surface area (Å²) in [5.41, 5.74) is 0. The third kappa shape index (κ3) is 3.50. The van der Waals surface area contributed by atoms with E-state index in [2.05, 4.69) is 25.6 Å². The molecule has 1 aromatic heterocycles. The highest BCUT2D eigenvalue weighted by atomic mass is 16.3. The van der Waals surface area contributed by atoms with Crippen molar-refractivity contribution in [1.29, 1.82) is 0 Å². The van der Waals surface area contributed by atoms with Gasteiger partial charge in [0.15, 0.2) is 0 Å². The van der Waals surface area contributed by atoms with Gasteiger partial charge in [-0.3, -0.25) is 0 Å².